The number of ether oxygens (including phenoxy) is 3. The molecule has 1 N–H and O–H groups in total. The van der Waals surface area contributed by atoms with Crippen molar-refractivity contribution in [2.45, 2.75) is 6.61 Å². The minimum atomic E-state index is -0.375. The van der Waals surface area contributed by atoms with Gasteiger partial charge in [0, 0.05) is 11.8 Å². The van der Waals surface area contributed by atoms with E-state index in [0.717, 1.165) is 5.56 Å². The first kappa shape index (κ1) is 21.3. The van der Waals surface area contributed by atoms with Crippen molar-refractivity contribution in [2.75, 3.05) is 19.5 Å². The second-order valence-corrected chi connectivity index (χ2v) is 7.54. The SMILES string of the molecule is COc1cc(C(=O)Nc2nnc(-c3ccccn3)s2)cc(OC)c1OCc1ccccc1. The molecule has 0 aliphatic rings. The van der Waals surface area contributed by atoms with Crippen LogP contribution in [0.3, 0.4) is 0 Å². The number of amides is 1. The maximum atomic E-state index is 12.8. The molecule has 0 bridgehead atoms. The molecule has 0 atom stereocenters. The van der Waals surface area contributed by atoms with Crippen LogP contribution >= 0.6 is 11.3 Å². The van der Waals surface area contributed by atoms with Gasteiger partial charge in [-0.3, -0.25) is 15.1 Å². The minimum absolute atomic E-state index is 0.334. The van der Waals surface area contributed by atoms with Gasteiger partial charge in [-0.05, 0) is 29.8 Å². The van der Waals surface area contributed by atoms with Gasteiger partial charge in [-0.2, -0.15) is 0 Å². The molecular formula is C23H20N4O4S. The fourth-order valence-corrected chi connectivity index (χ4v) is 3.63. The van der Waals surface area contributed by atoms with Crippen molar-refractivity contribution in [1.82, 2.24) is 15.2 Å². The summed E-state index contributed by atoms with van der Waals surface area (Å²) in [6.45, 7) is 0.334. The van der Waals surface area contributed by atoms with Crippen LogP contribution in [-0.2, 0) is 6.61 Å². The molecule has 9 heteroatoms. The first-order valence-electron chi connectivity index (χ1n) is 9.67. The van der Waals surface area contributed by atoms with E-state index in [1.165, 1.54) is 25.6 Å². The number of carbonyl (C=O) groups is 1. The fraction of sp³-hybridized carbons (Fsp3) is 0.130. The highest BCUT2D eigenvalue weighted by Gasteiger charge is 2.19. The van der Waals surface area contributed by atoms with E-state index in [-0.39, 0.29) is 5.91 Å². The smallest absolute Gasteiger partial charge is 0.257 e. The first-order chi connectivity index (χ1) is 15.7. The van der Waals surface area contributed by atoms with E-state index in [9.17, 15) is 4.79 Å². The predicted octanol–water partition coefficient (Wildman–Crippen LogP) is 4.45. The quantitative estimate of drug-likeness (QED) is 0.425. The Bertz CT molecular complexity index is 1170. The highest BCUT2D eigenvalue weighted by atomic mass is 32.1. The number of hydrogen-bond acceptors (Lipinski definition) is 8. The van der Waals surface area contributed by atoms with Gasteiger partial charge in [-0.15, -0.1) is 10.2 Å². The highest BCUT2D eigenvalue weighted by molar-refractivity contribution is 7.18. The maximum absolute atomic E-state index is 12.8. The molecule has 0 spiro atoms. The van der Waals surface area contributed by atoms with Gasteiger partial charge in [0.2, 0.25) is 10.9 Å². The van der Waals surface area contributed by atoms with E-state index in [1.807, 2.05) is 48.5 Å². The third kappa shape index (κ3) is 4.84. The molecule has 8 nitrogen and oxygen atoms in total. The Balaban J connectivity index is 1.53. The number of hydrogen-bond donors (Lipinski definition) is 1. The molecule has 4 rings (SSSR count). The van der Waals surface area contributed by atoms with Crippen LogP contribution in [0.4, 0.5) is 5.13 Å². The lowest BCUT2D eigenvalue weighted by molar-refractivity contribution is 0.102. The third-order valence-electron chi connectivity index (χ3n) is 4.48. The summed E-state index contributed by atoms with van der Waals surface area (Å²) in [6.07, 6.45) is 1.68. The van der Waals surface area contributed by atoms with Crippen LogP contribution in [0.2, 0.25) is 0 Å². The molecule has 0 fully saturated rings. The molecule has 0 aliphatic carbocycles. The highest BCUT2D eigenvalue weighted by Crippen LogP contribution is 2.39. The summed E-state index contributed by atoms with van der Waals surface area (Å²) >= 11 is 1.23. The average molecular weight is 449 g/mol. The first-order valence-corrected chi connectivity index (χ1v) is 10.5. The molecule has 0 saturated carbocycles. The molecule has 0 saturated heterocycles. The summed E-state index contributed by atoms with van der Waals surface area (Å²) in [7, 11) is 3.02. The zero-order valence-electron chi connectivity index (χ0n) is 17.4. The van der Waals surface area contributed by atoms with Crippen LogP contribution < -0.4 is 19.5 Å². The molecule has 32 heavy (non-hydrogen) atoms. The largest absolute Gasteiger partial charge is 0.493 e. The molecule has 4 aromatic rings. The van der Waals surface area contributed by atoms with Crippen molar-refractivity contribution in [3.8, 4) is 28.0 Å². The normalized spacial score (nSPS) is 10.4. The van der Waals surface area contributed by atoms with Gasteiger partial charge in [0.25, 0.3) is 5.91 Å². The van der Waals surface area contributed by atoms with E-state index in [2.05, 4.69) is 20.5 Å². The molecule has 2 aromatic heterocycles. The Kier molecular flexibility index (Phi) is 6.57. The molecule has 2 heterocycles. The Hall–Kier alpha value is -3.98. The number of pyridine rings is 1. The Morgan fingerprint density at radius 3 is 2.34 bits per heavy atom. The summed E-state index contributed by atoms with van der Waals surface area (Å²) in [5.41, 5.74) is 2.02. The molecular weight excluding hydrogens is 428 g/mol. The van der Waals surface area contributed by atoms with Gasteiger partial charge in [0.15, 0.2) is 16.5 Å². The summed E-state index contributed by atoms with van der Waals surface area (Å²) < 4.78 is 16.9. The van der Waals surface area contributed by atoms with Crippen LogP contribution in [-0.4, -0.2) is 35.3 Å². The summed E-state index contributed by atoms with van der Waals surface area (Å²) in [6, 6.07) is 18.4. The second-order valence-electron chi connectivity index (χ2n) is 6.57. The van der Waals surface area contributed by atoms with Crippen molar-refractivity contribution >= 4 is 22.4 Å². The zero-order chi connectivity index (χ0) is 22.3. The Morgan fingerprint density at radius 1 is 0.969 bits per heavy atom. The van der Waals surface area contributed by atoms with E-state index < -0.39 is 0 Å². The summed E-state index contributed by atoms with van der Waals surface area (Å²) in [4.78, 5) is 17.1. The standard InChI is InChI=1S/C23H20N4O4S/c1-29-18-12-16(13-19(30-2)20(18)31-14-15-8-4-3-5-9-15)21(28)25-23-27-26-22(32-23)17-10-6-7-11-24-17/h3-13H,14H2,1-2H3,(H,25,27,28). The molecule has 2 aromatic carbocycles. The summed E-state index contributed by atoms with van der Waals surface area (Å²) in [5, 5.41) is 11.8. The van der Waals surface area contributed by atoms with E-state index in [0.29, 0.717) is 45.3 Å². The van der Waals surface area contributed by atoms with Crippen LogP contribution in [0.1, 0.15) is 15.9 Å². The van der Waals surface area contributed by atoms with Crippen molar-refractivity contribution in [3.05, 3.63) is 78.0 Å². The number of rotatable bonds is 8. The lowest BCUT2D eigenvalue weighted by Crippen LogP contribution is -2.12. The van der Waals surface area contributed by atoms with Gasteiger partial charge in [-0.1, -0.05) is 47.7 Å². The third-order valence-corrected chi connectivity index (χ3v) is 5.34. The summed E-state index contributed by atoms with van der Waals surface area (Å²) in [5.74, 6) is 0.817. The molecule has 1 amide bonds. The Morgan fingerprint density at radius 2 is 1.69 bits per heavy atom. The monoisotopic (exact) mass is 448 g/mol. The fourth-order valence-electron chi connectivity index (χ4n) is 2.92. The van der Waals surface area contributed by atoms with Crippen LogP contribution in [0, 0.1) is 0 Å². The van der Waals surface area contributed by atoms with Crippen molar-refractivity contribution in [1.29, 1.82) is 0 Å². The lowest BCUT2D eigenvalue weighted by Gasteiger charge is -2.16. The molecule has 162 valence electrons. The number of carbonyl (C=O) groups excluding carboxylic acids is 1. The second kappa shape index (κ2) is 9.88. The number of nitrogens with one attached hydrogen (secondary N) is 1. The predicted molar refractivity (Wildman–Crippen MR) is 121 cm³/mol. The van der Waals surface area contributed by atoms with Gasteiger partial charge in [0.05, 0.1) is 14.2 Å². The van der Waals surface area contributed by atoms with Crippen molar-refractivity contribution < 1.29 is 19.0 Å². The van der Waals surface area contributed by atoms with Gasteiger partial charge < -0.3 is 14.2 Å². The van der Waals surface area contributed by atoms with E-state index in [4.69, 9.17) is 14.2 Å². The minimum Gasteiger partial charge on any atom is -0.493 e. The van der Waals surface area contributed by atoms with Gasteiger partial charge in [0.1, 0.15) is 12.3 Å². The van der Waals surface area contributed by atoms with E-state index >= 15 is 0 Å². The van der Waals surface area contributed by atoms with Gasteiger partial charge in [-0.25, -0.2) is 0 Å². The number of benzene rings is 2. The average Bonchev–Trinajstić information content (AvgIpc) is 3.31. The number of aromatic nitrogens is 3. The number of methoxy groups -OCH3 is 2. The molecule has 0 aliphatic heterocycles. The van der Waals surface area contributed by atoms with Crippen LogP contribution in [0.25, 0.3) is 10.7 Å². The van der Waals surface area contributed by atoms with Gasteiger partial charge >= 0.3 is 0 Å². The van der Waals surface area contributed by atoms with Crippen LogP contribution in [0.5, 0.6) is 17.2 Å². The van der Waals surface area contributed by atoms with Crippen molar-refractivity contribution in [2.24, 2.45) is 0 Å². The maximum Gasteiger partial charge on any atom is 0.257 e. The lowest BCUT2D eigenvalue weighted by atomic mass is 10.1. The van der Waals surface area contributed by atoms with Crippen LogP contribution in [0.15, 0.2) is 66.9 Å². The zero-order valence-corrected chi connectivity index (χ0v) is 18.3. The molecule has 0 radical (unpaired) electrons. The van der Waals surface area contributed by atoms with Crippen molar-refractivity contribution in [3.63, 3.8) is 0 Å². The number of anilines is 1. The van der Waals surface area contributed by atoms with E-state index in [1.54, 1.807) is 18.3 Å². The number of nitrogens with zero attached hydrogens (tertiary/aromatic N) is 3. The topological polar surface area (TPSA) is 95.5 Å². The Labute approximate surface area is 188 Å². The molecule has 0 unspecified atom stereocenters.